The number of thioether (sulfide) groups is 1. The van der Waals surface area contributed by atoms with Crippen molar-refractivity contribution in [2.45, 2.75) is 12.1 Å². The largest absolute Gasteiger partial charge is 0.469 e. The number of aryl methyl sites for hydroxylation is 1. The Hall–Kier alpha value is -2.88. The summed E-state index contributed by atoms with van der Waals surface area (Å²) < 4.78 is 7.23. The standard InChI is InChI=1S/C18H21N7O2S/c1-13-14(3-10-27-13)17-21-22-18(23(17)2)28-12-16(26)25-8-6-24(7-9-25)15-11-19-4-5-20-15/h3-5,10-11H,6-9,12H2,1-2H3. The van der Waals surface area contributed by atoms with E-state index in [1.165, 1.54) is 11.8 Å². The third-order valence-electron chi connectivity index (χ3n) is 4.77. The molecular formula is C18H21N7O2S. The summed E-state index contributed by atoms with van der Waals surface area (Å²) in [6.45, 7) is 4.75. The van der Waals surface area contributed by atoms with Crippen molar-refractivity contribution in [1.29, 1.82) is 0 Å². The summed E-state index contributed by atoms with van der Waals surface area (Å²) in [6.07, 6.45) is 6.73. The van der Waals surface area contributed by atoms with E-state index in [1.54, 1.807) is 24.9 Å². The van der Waals surface area contributed by atoms with Crippen LogP contribution in [0.4, 0.5) is 5.82 Å². The van der Waals surface area contributed by atoms with Crippen molar-refractivity contribution in [2.75, 3.05) is 36.8 Å². The Morgan fingerprint density at radius 2 is 2.04 bits per heavy atom. The Labute approximate surface area is 166 Å². The SMILES string of the molecule is Cc1occc1-c1nnc(SCC(=O)N2CCN(c3cnccn3)CC2)n1C. The van der Waals surface area contributed by atoms with Crippen LogP contribution in [0.3, 0.4) is 0 Å². The molecule has 4 rings (SSSR count). The second kappa shape index (κ2) is 8.01. The molecule has 1 amide bonds. The smallest absolute Gasteiger partial charge is 0.233 e. The molecule has 4 heterocycles. The van der Waals surface area contributed by atoms with Crippen LogP contribution >= 0.6 is 11.8 Å². The fraction of sp³-hybridized carbons (Fsp3) is 0.389. The van der Waals surface area contributed by atoms with Gasteiger partial charge in [-0.3, -0.25) is 9.78 Å². The number of amides is 1. The first-order chi connectivity index (χ1) is 13.6. The zero-order valence-electron chi connectivity index (χ0n) is 15.8. The fourth-order valence-electron chi connectivity index (χ4n) is 3.15. The molecule has 0 unspecified atom stereocenters. The summed E-state index contributed by atoms with van der Waals surface area (Å²) in [7, 11) is 1.90. The van der Waals surface area contributed by atoms with Crippen molar-refractivity contribution < 1.29 is 9.21 Å². The molecule has 28 heavy (non-hydrogen) atoms. The van der Waals surface area contributed by atoms with Crippen LogP contribution in [-0.4, -0.2) is 67.5 Å². The summed E-state index contributed by atoms with van der Waals surface area (Å²) in [6, 6.07) is 1.87. The number of rotatable bonds is 5. The monoisotopic (exact) mass is 399 g/mol. The maximum atomic E-state index is 12.6. The Bertz CT molecular complexity index is 948. The van der Waals surface area contributed by atoms with Gasteiger partial charge in [-0.15, -0.1) is 10.2 Å². The van der Waals surface area contributed by atoms with Crippen LogP contribution in [0, 0.1) is 6.92 Å². The van der Waals surface area contributed by atoms with E-state index in [0.717, 1.165) is 36.1 Å². The van der Waals surface area contributed by atoms with Gasteiger partial charge in [0.1, 0.15) is 11.6 Å². The number of furan rings is 1. The lowest BCUT2D eigenvalue weighted by Gasteiger charge is -2.35. The second-order valence-corrected chi connectivity index (χ2v) is 7.42. The number of carbonyl (C=O) groups excluding carboxylic acids is 1. The predicted octanol–water partition coefficient (Wildman–Crippen LogP) is 1.61. The summed E-state index contributed by atoms with van der Waals surface area (Å²) in [5.41, 5.74) is 0.910. The molecule has 10 heteroatoms. The minimum atomic E-state index is 0.104. The zero-order valence-corrected chi connectivity index (χ0v) is 16.6. The van der Waals surface area contributed by atoms with Gasteiger partial charge in [0.15, 0.2) is 11.0 Å². The highest BCUT2D eigenvalue weighted by molar-refractivity contribution is 7.99. The van der Waals surface area contributed by atoms with Gasteiger partial charge >= 0.3 is 0 Å². The van der Waals surface area contributed by atoms with Crippen molar-refractivity contribution in [3.63, 3.8) is 0 Å². The third kappa shape index (κ3) is 3.72. The van der Waals surface area contributed by atoms with E-state index in [2.05, 4.69) is 25.1 Å². The topological polar surface area (TPSA) is 93.2 Å². The van der Waals surface area contributed by atoms with Gasteiger partial charge in [0.25, 0.3) is 0 Å². The Balaban J connectivity index is 1.32. The van der Waals surface area contributed by atoms with Crippen molar-refractivity contribution in [3.8, 4) is 11.4 Å². The molecule has 3 aromatic rings. The molecule has 0 aromatic carbocycles. The Morgan fingerprint density at radius 1 is 1.21 bits per heavy atom. The first-order valence-corrected chi connectivity index (χ1v) is 9.97. The number of aromatic nitrogens is 5. The number of piperazine rings is 1. The van der Waals surface area contributed by atoms with Crippen molar-refractivity contribution in [2.24, 2.45) is 7.05 Å². The maximum Gasteiger partial charge on any atom is 0.233 e. The van der Waals surface area contributed by atoms with Crippen molar-refractivity contribution >= 4 is 23.5 Å². The molecule has 146 valence electrons. The van der Waals surface area contributed by atoms with Gasteiger partial charge in [-0.2, -0.15) is 0 Å². The number of hydrogen-bond acceptors (Lipinski definition) is 8. The molecule has 0 bridgehead atoms. The minimum Gasteiger partial charge on any atom is -0.469 e. The van der Waals surface area contributed by atoms with E-state index in [9.17, 15) is 4.79 Å². The number of carbonyl (C=O) groups is 1. The Morgan fingerprint density at radius 3 is 2.71 bits per heavy atom. The highest BCUT2D eigenvalue weighted by Gasteiger charge is 2.23. The number of hydrogen-bond donors (Lipinski definition) is 0. The molecule has 1 aliphatic rings. The molecule has 9 nitrogen and oxygen atoms in total. The van der Waals surface area contributed by atoms with Gasteiger partial charge in [-0.05, 0) is 13.0 Å². The summed E-state index contributed by atoms with van der Waals surface area (Å²) in [4.78, 5) is 25.1. The van der Waals surface area contributed by atoms with Crippen molar-refractivity contribution in [3.05, 3.63) is 36.7 Å². The third-order valence-corrected chi connectivity index (χ3v) is 5.77. The van der Waals surface area contributed by atoms with Crippen LogP contribution in [0.1, 0.15) is 5.76 Å². The van der Waals surface area contributed by atoms with E-state index in [4.69, 9.17) is 4.42 Å². The van der Waals surface area contributed by atoms with Crippen LogP contribution in [0.15, 0.2) is 40.5 Å². The summed E-state index contributed by atoms with van der Waals surface area (Å²) in [5.74, 6) is 2.82. The molecule has 1 fully saturated rings. The van der Waals surface area contributed by atoms with Crippen LogP contribution in [0.5, 0.6) is 0 Å². The molecular weight excluding hydrogens is 378 g/mol. The lowest BCUT2D eigenvalue weighted by atomic mass is 10.2. The van der Waals surface area contributed by atoms with Crippen LogP contribution in [-0.2, 0) is 11.8 Å². The molecule has 1 aliphatic heterocycles. The molecule has 3 aromatic heterocycles. The highest BCUT2D eigenvalue weighted by Crippen LogP contribution is 2.26. The molecule has 1 saturated heterocycles. The van der Waals surface area contributed by atoms with Gasteiger partial charge in [-0.1, -0.05) is 11.8 Å². The molecule has 0 N–H and O–H groups in total. The quantitative estimate of drug-likeness (QED) is 0.598. The average molecular weight is 399 g/mol. The first kappa shape index (κ1) is 18.5. The highest BCUT2D eigenvalue weighted by atomic mass is 32.2. The van der Waals surface area contributed by atoms with Crippen molar-refractivity contribution in [1.82, 2.24) is 29.6 Å². The molecule has 0 spiro atoms. The summed E-state index contributed by atoms with van der Waals surface area (Å²) in [5, 5.41) is 9.17. The number of anilines is 1. The van der Waals surface area contributed by atoms with Gasteiger partial charge in [0.2, 0.25) is 5.91 Å². The number of nitrogens with zero attached hydrogens (tertiary/aromatic N) is 7. The van der Waals surface area contributed by atoms with Gasteiger partial charge < -0.3 is 18.8 Å². The van der Waals surface area contributed by atoms with E-state index in [1.807, 2.05) is 29.5 Å². The Kier molecular flexibility index (Phi) is 5.29. The fourth-order valence-corrected chi connectivity index (χ4v) is 3.96. The normalized spacial score (nSPS) is 14.5. The summed E-state index contributed by atoms with van der Waals surface area (Å²) >= 11 is 1.40. The molecule has 0 atom stereocenters. The minimum absolute atomic E-state index is 0.104. The van der Waals surface area contributed by atoms with E-state index >= 15 is 0 Å². The van der Waals surface area contributed by atoms with Crippen LogP contribution < -0.4 is 4.90 Å². The predicted molar refractivity (Wildman–Crippen MR) is 105 cm³/mol. The van der Waals surface area contributed by atoms with E-state index in [0.29, 0.717) is 24.0 Å². The van der Waals surface area contributed by atoms with E-state index < -0.39 is 0 Å². The van der Waals surface area contributed by atoms with E-state index in [-0.39, 0.29) is 5.91 Å². The molecule has 0 aliphatic carbocycles. The lowest BCUT2D eigenvalue weighted by molar-refractivity contribution is -0.128. The molecule has 0 saturated carbocycles. The lowest BCUT2D eigenvalue weighted by Crippen LogP contribution is -2.49. The second-order valence-electron chi connectivity index (χ2n) is 6.48. The zero-order chi connectivity index (χ0) is 19.5. The van der Waals surface area contributed by atoms with Crippen LogP contribution in [0.2, 0.25) is 0 Å². The van der Waals surface area contributed by atoms with Gasteiger partial charge in [-0.25, -0.2) is 4.98 Å². The van der Waals surface area contributed by atoms with Gasteiger partial charge in [0, 0.05) is 45.6 Å². The average Bonchev–Trinajstić information content (AvgIpc) is 3.32. The van der Waals surface area contributed by atoms with Crippen LogP contribution in [0.25, 0.3) is 11.4 Å². The maximum absolute atomic E-state index is 12.6. The first-order valence-electron chi connectivity index (χ1n) is 8.99. The van der Waals surface area contributed by atoms with Gasteiger partial charge in [0.05, 0.1) is 23.8 Å². The molecule has 0 radical (unpaired) electrons.